The topological polar surface area (TPSA) is 79.8 Å². The van der Waals surface area contributed by atoms with Crippen LogP contribution in [-0.4, -0.2) is 43.4 Å². The van der Waals surface area contributed by atoms with Crippen LogP contribution < -0.4 is 20.1 Å². The Morgan fingerprint density at radius 1 is 1.48 bits per heavy atom. The number of β-amino-alcohol motifs (C(OH)–C–C–N with tert-alkyl or cyclic N) is 1. The van der Waals surface area contributed by atoms with Crippen LogP contribution in [0.15, 0.2) is 18.2 Å². The van der Waals surface area contributed by atoms with Crippen molar-refractivity contribution >= 4 is 24.0 Å². The first-order valence-electron chi connectivity index (χ1n) is 6.67. The van der Waals surface area contributed by atoms with Crippen molar-refractivity contribution in [3.63, 3.8) is 0 Å². The number of hydrogen-bond donors (Lipinski definition) is 3. The maximum atomic E-state index is 12.0. The Bertz CT molecular complexity index is 484. The molecular weight excluding hydrogens is 296 g/mol. The van der Waals surface area contributed by atoms with Crippen LogP contribution in [0.25, 0.3) is 0 Å². The number of carbonyl (C=O) groups excluding carboxylic acids is 1. The second kappa shape index (κ2) is 8.07. The SMILES string of the molecule is CCOc1ccc(NC(=O)C2CC(O)CN2)cc1OC.Cl. The summed E-state index contributed by atoms with van der Waals surface area (Å²) in [5.74, 6) is 1.05. The highest BCUT2D eigenvalue weighted by Crippen LogP contribution is 2.30. The largest absolute Gasteiger partial charge is 0.493 e. The maximum absolute atomic E-state index is 12.0. The molecule has 1 aliphatic rings. The van der Waals surface area contributed by atoms with Crippen LogP contribution in [-0.2, 0) is 4.79 Å². The third kappa shape index (κ3) is 4.49. The highest BCUT2D eigenvalue weighted by Gasteiger charge is 2.28. The van der Waals surface area contributed by atoms with Crippen LogP contribution in [0.2, 0.25) is 0 Å². The van der Waals surface area contributed by atoms with E-state index in [0.717, 1.165) is 0 Å². The zero-order valence-electron chi connectivity index (χ0n) is 12.1. The second-order valence-corrected chi connectivity index (χ2v) is 4.64. The van der Waals surface area contributed by atoms with Gasteiger partial charge in [-0.2, -0.15) is 0 Å². The lowest BCUT2D eigenvalue weighted by molar-refractivity contribution is -0.117. The van der Waals surface area contributed by atoms with Crippen LogP contribution in [0.5, 0.6) is 11.5 Å². The first kappa shape index (κ1) is 17.6. The van der Waals surface area contributed by atoms with E-state index in [1.54, 1.807) is 25.3 Å². The Hall–Kier alpha value is -1.50. The lowest BCUT2D eigenvalue weighted by Gasteiger charge is -2.14. The number of methoxy groups -OCH3 is 1. The molecule has 0 spiro atoms. The van der Waals surface area contributed by atoms with Crippen molar-refractivity contribution in [2.45, 2.75) is 25.5 Å². The molecule has 0 radical (unpaired) electrons. The van der Waals surface area contributed by atoms with Gasteiger partial charge in [-0.15, -0.1) is 12.4 Å². The van der Waals surface area contributed by atoms with Crippen LogP contribution in [0.4, 0.5) is 5.69 Å². The summed E-state index contributed by atoms with van der Waals surface area (Å²) in [6, 6.07) is 4.88. The number of hydrogen-bond acceptors (Lipinski definition) is 5. The van der Waals surface area contributed by atoms with Crippen molar-refractivity contribution in [2.24, 2.45) is 0 Å². The minimum absolute atomic E-state index is 0. The first-order valence-corrected chi connectivity index (χ1v) is 6.67. The van der Waals surface area contributed by atoms with Gasteiger partial charge in [-0.25, -0.2) is 0 Å². The number of anilines is 1. The predicted molar refractivity (Wildman–Crippen MR) is 82.5 cm³/mol. The van der Waals surface area contributed by atoms with Gasteiger partial charge in [0.05, 0.1) is 25.9 Å². The van der Waals surface area contributed by atoms with Gasteiger partial charge in [0.25, 0.3) is 0 Å². The van der Waals surface area contributed by atoms with Crippen molar-refractivity contribution in [1.29, 1.82) is 0 Å². The van der Waals surface area contributed by atoms with Gasteiger partial charge in [-0.3, -0.25) is 4.79 Å². The molecule has 7 heteroatoms. The van der Waals surface area contributed by atoms with Crippen LogP contribution in [0.3, 0.4) is 0 Å². The Morgan fingerprint density at radius 2 is 2.24 bits per heavy atom. The summed E-state index contributed by atoms with van der Waals surface area (Å²) in [4.78, 5) is 12.0. The molecule has 2 atom stereocenters. The number of rotatable bonds is 5. The fraction of sp³-hybridized carbons (Fsp3) is 0.500. The summed E-state index contributed by atoms with van der Waals surface area (Å²) in [6.07, 6.45) is -0.0272. The summed E-state index contributed by atoms with van der Waals surface area (Å²) in [6.45, 7) is 2.89. The highest BCUT2D eigenvalue weighted by atomic mass is 35.5. The van der Waals surface area contributed by atoms with E-state index in [-0.39, 0.29) is 24.4 Å². The highest BCUT2D eigenvalue weighted by molar-refractivity contribution is 5.95. The molecule has 1 saturated heterocycles. The first-order chi connectivity index (χ1) is 9.63. The average molecular weight is 317 g/mol. The molecule has 1 aromatic carbocycles. The van der Waals surface area contributed by atoms with Crippen molar-refractivity contribution in [3.8, 4) is 11.5 Å². The Morgan fingerprint density at radius 3 is 2.81 bits per heavy atom. The molecule has 118 valence electrons. The second-order valence-electron chi connectivity index (χ2n) is 4.64. The van der Waals surface area contributed by atoms with E-state index in [1.165, 1.54) is 0 Å². The van der Waals surface area contributed by atoms with Crippen molar-refractivity contribution in [3.05, 3.63) is 18.2 Å². The van der Waals surface area contributed by atoms with Crippen molar-refractivity contribution in [2.75, 3.05) is 25.6 Å². The fourth-order valence-corrected chi connectivity index (χ4v) is 2.17. The molecule has 1 fully saturated rings. The molecule has 3 N–H and O–H groups in total. The van der Waals surface area contributed by atoms with Crippen LogP contribution in [0.1, 0.15) is 13.3 Å². The molecular formula is C14H21ClN2O4. The van der Waals surface area contributed by atoms with E-state index in [0.29, 0.717) is 36.8 Å². The zero-order valence-corrected chi connectivity index (χ0v) is 12.9. The quantitative estimate of drug-likeness (QED) is 0.760. The number of nitrogens with one attached hydrogen (secondary N) is 2. The molecule has 1 amide bonds. The minimum atomic E-state index is -0.458. The number of benzene rings is 1. The number of halogens is 1. The zero-order chi connectivity index (χ0) is 14.5. The molecule has 0 aliphatic carbocycles. The standard InChI is InChI=1S/C14H20N2O4.ClH/c1-3-20-12-5-4-9(6-13(12)19-2)16-14(18)11-7-10(17)8-15-11;/h4-6,10-11,15,17H,3,7-8H2,1-2H3,(H,16,18);1H. The van der Waals surface area contributed by atoms with Gasteiger partial charge in [0, 0.05) is 18.3 Å². The van der Waals surface area contributed by atoms with E-state index >= 15 is 0 Å². The summed E-state index contributed by atoms with van der Waals surface area (Å²) >= 11 is 0. The maximum Gasteiger partial charge on any atom is 0.241 e. The normalized spacial score (nSPS) is 20.5. The van der Waals surface area contributed by atoms with Gasteiger partial charge in [0.15, 0.2) is 11.5 Å². The number of aliphatic hydroxyl groups excluding tert-OH is 1. The van der Waals surface area contributed by atoms with E-state index in [9.17, 15) is 9.90 Å². The minimum Gasteiger partial charge on any atom is -0.493 e. The van der Waals surface area contributed by atoms with E-state index in [2.05, 4.69) is 10.6 Å². The number of ether oxygens (including phenoxy) is 2. The van der Waals surface area contributed by atoms with E-state index < -0.39 is 6.10 Å². The van der Waals surface area contributed by atoms with Gasteiger partial charge in [0.1, 0.15) is 0 Å². The monoisotopic (exact) mass is 316 g/mol. The molecule has 2 unspecified atom stereocenters. The molecule has 21 heavy (non-hydrogen) atoms. The Kier molecular flexibility index (Phi) is 6.74. The molecule has 1 aromatic rings. The predicted octanol–water partition coefficient (Wildman–Crippen LogP) is 1.18. The third-order valence-electron chi connectivity index (χ3n) is 3.16. The molecule has 1 aliphatic heterocycles. The Labute approximate surface area is 130 Å². The van der Waals surface area contributed by atoms with Gasteiger partial charge in [-0.05, 0) is 25.5 Å². The third-order valence-corrected chi connectivity index (χ3v) is 3.16. The van der Waals surface area contributed by atoms with Crippen LogP contribution in [0, 0.1) is 0 Å². The van der Waals surface area contributed by atoms with Crippen molar-refractivity contribution < 1.29 is 19.4 Å². The van der Waals surface area contributed by atoms with Gasteiger partial charge >= 0.3 is 0 Å². The summed E-state index contributed by atoms with van der Waals surface area (Å²) in [5, 5.41) is 15.2. The summed E-state index contributed by atoms with van der Waals surface area (Å²) < 4.78 is 10.6. The summed E-state index contributed by atoms with van der Waals surface area (Å²) in [7, 11) is 1.55. The van der Waals surface area contributed by atoms with E-state index in [1.807, 2.05) is 6.92 Å². The average Bonchev–Trinajstić information content (AvgIpc) is 2.87. The number of carbonyl (C=O) groups is 1. The van der Waals surface area contributed by atoms with Crippen LogP contribution >= 0.6 is 12.4 Å². The molecule has 2 rings (SSSR count). The van der Waals surface area contributed by atoms with E-state index in [4.69, 9.17) is 9.47 Å². The molecule has 1 heterocycles. The number of amides is 1. The molecule has 0 bridgehead atoms. The van der Waals surface area contributed by atoms with Gasteiger partial charge in [-0.1, -0.05) is 0 Å². The molecule has 0 aromatic heterocycles. The lowest BCUT2D eigenvalue weighted by atomic mass is 10.2. The molecule has 6 nitrogen and oxygen atoms in total. The lowest BCUT2D eigenvalue weighted by Crippen LogP contribution is -2.35. The molecule has 0 saturated carbocycles. The Balaban J connectivity index is 0.00000220. The van der Waals surface area contributed by atoms with Crippen molar-refractivity contribution in [1.82, 2.24) is 5.32 Å². The number of aliphatic hydroxyl groups is 1. The smallest absolute Gasteiger partial charge is 0.241 e. The summed E-state index contributed by atoms with van der Waals surface area (Å²) in [5.41, 5.74) is 0.637. The van der Waals surface area contributed by atoms with Gasteiger partial charge < -0.3 is 25.2 Å². The van der Waals surface area contributed by atoms with Gasteiger partial charge in [0.2, 0.25) is 5.91 Å². The fourth-order valence-electron chi connectivity index (χ4n) is 2.17.